The summed E-state index contributed by atoms with van der Waals surface area (Å²) in [5.41, 5.74) is 0. The Morgan fingerprint density at radius 3 is 1.91 bits per heavy atom. The van der Waals surface area contributed by atoms with Gasteiger partial charge in [0.2, 0.25) is 0 Å². The van der Waals surface area contributed by atoms with Crippen LogP contribution in [0.3, 0.4) is 0 Å². The van der Waals surface area contributed by atoms with E-state index >= 15 is 0 Å². The van der Waals surface area contributed by atoms with Crippen molar-refractivity contribution >= 4 is 15.3 Å². The zero-order valence-corrected chi connectivity index (χ0v) is 7.87. The summed E-state index contributed by atoms with van der Waals surface area (Å²) in [6, 6.07) is 0. The summed E-state index contributed by atoms with van der Waals surface area (Å²) in [7, 11) is -5.18. The first-order valence-electron chi connectivity index (χ1n) is 2.57. The van der Waals surface area contributed by atoms with Gasteiger partial charge in [-0.05, 0) is 7.05 Å². The molecular weight excluding hydrogens is 192 g/mol. The molecule has 11 heavy (non-hydrogen) atoms. The van der Waals surface area contributed by atoms with Crippen LogP contribution < -0.4 is 5.09 Å². The molecule has 0 aromatic rings. The van der Waals surface area contributed by atoms with Crippen LogP contribution >= 0.6 is 15.3 Å². The molecule has 0 fully saturated rings. The van der Waals surface area contributed by atoms with Crippen molar-refractivity contribution in [2.75, 3.05) is 14.1 Å². The van der Waals surface area contributed by atoms with E-state index in [0.717, 1.165) is 7.05 Å². The highest BCUT2D eigenvalue weighted by atomic mass is 31.2. The number of hydrogen-bond acceptors (Lipinski definition) is 1. The van der Waals surface area contributed by atoms with Crippen LogP contribution in [0.15, 0.2) is 9.26 Å². The molecule has 0 aliphatic heterocycles. The maximum absolute atomic E-state index is 8.83. The highest BCUT2D eigenvalue weighted by Gasteiger charge is 2.15. The predicted octanol–water partition coefficient (Wildman–Crippen LogP) is -0.303. The van der Waals surface area contributed by atoms with Gasteiger partial charge in [-0.15, -0.1) is 4.52 Å². The third-order valence-electron chi connectivity index (χ3n) is 0.813. The Hall–Kier alpha value is 0.260. The second kappa shape index (κ2) is 3.78. The molecule has 0 saturated carbocycles. The standard InChI is InChI=1S/C2H11N3O4P2/c1-3-10(6,7)5-11(8,9)4-2/h3,6-9H,1-2H3. The third-order valence-corrected chi connectivity index (χ3v) is 3.91. The van der Waals surface area contributed by atoms with Crippen LogP contribution in [0.2, 0.25) is 0 Å². The first-order valence-corrected chi connectivity index (χ1v) is 5.82. The molecule has 7 nitrogen and oxygen atoms in total. The molecule has 68 valence electrons. The summed E-state index contributed by atoms with van der Waals surface area (Å²) >= 11 is 0. The van der Waals surface area contributed by atoms with Crippen LogP contribution in [0, 0.1) is 0 Å². The Morgan fingerprint density at radius 2 is 1.64 bits per heavy atom. The predicted molar refractivity (Wildman–Crippen MR) is 42.6 cm³/mol. The molecule has 0 spiro atoms. The topological polar surface area (TPSA) is 118 Å². The van der Waals surface area contributed by atoms with Crippen molar-refractivity contribution in [1.82, 2.24) is 5.09 Å². The van der Waals surface area contributed by atoms with E-state index in [2.05, 4.69) is 9.26 Å². The van der Waals surface area contributed by atoms with Crippen molar-refractivity contribution in [2.24, 2.45) is 9.26 Å². The third kappa shape index (κ3) is 4.66. The van der Waals surface area contributed by atoms with E-state index in [1.54, 1.807) is 0 Å². The van der Waals surface area contributed by atoms with Crippen molar-refractivity contribution in [3.63, 3.8) is 0 Å². The average molecular weight is 203 g/mol. The maximum Gasteiger partial charge on any atom is 0.334 e. The van der Waals surface area contributed by atoms with E-state index < -0.39 is 15.3 Å². The summed E-state index contributed by atoms with van der Waals surface area (Å²) in [4.78, 5) is 35.2. The minimum absolute atomic E-state index is 1.13. The average Bonchev–Trinajstić information content (AvgIpc) is 1.86. The number of nitrogens with zero attached hydrogens (tertiary/aromatic N) is 2. The fraction of sp³-hybridized carbons (Fsp3) is 1.00. The lowest BCUT2D eigenvalue weighted by Gasteiger charge is -2.10. The molecule has 0 aromatic heterocycles. The molecular formula is C2H11N3O4P2. The van der Waals surface area contributed by atoms with Gasteiger partial charge in [-0.25, -0.2) is 9.83 Å². The Kier molecular flexibility index (Phi) is 3.87. The van der Waals surface area contributed by atoms with Crippen LogP contribution in [0.25, 0.3) is 0 Å². The molecule has 0 radical (unpaired) electrons. The molecule has 0 saturated heterocycles. The summed E-state index contributed by atoms with van der Waals surface area (Å²) in [5, 5.41) is 2.04. The van der Waals surface area contributed by atoms with Crippen LogP contribution in [0.5, 0.6) is 0 Å². The fourth-order valence-corrected chi connectivity index (χ4v) is 2.27. The highest BCUT2D eigenvalue weighted by Crippen LogP contribution is 2.52. The largest absolute Gasteiger partial charge is 0.334 e. The summed E-state index contributed by atoms with van der Waals surface area (Å²) < 4.78 is 6.02. The van der Waals surface area contributed by atoms with Crippen LogP contribution in [0.4, 0.5) is 0 Å². The number of hydrogen-bond donors (Lipinski definition) is 5. The van der Waals surface area contributed by atoms with Crippen molar-refractivity contribution in [1.29, 1.82) is 0 Å². The summed E-state index contributed by atoms with van der Waals surface area (Å²) in [6.45, 7) is 0. The molecule has 0 aliphatic rings. The van der Waals surface area contributed by atoms with Gasteiger partial charge < -0.3 is 19.6 Å². The summed E-state index contributed by atoms with van der Waals surface area (Å²) in [5.74, 6) is 0. The van der Waals surface area contributed by atoms with Gasteiger partial charge in [-0.2, -0.15) is 0 Å². The van der Waals surface area contributed by atoms with Gasteiger partial charge in [0.1, 0.15) is 0 Å². The van der Waals surface area contributed by atoms with Crippen LogP contribution in [-0.2, 0) is 0 Å². The van der Waals surface area contributed by atoms with Crippen LogP contribution in [-0.4, -0.2) is 33.7 Å². The van der Waals surface area contributed by atoms with Gasteiger partial charge in [0.05, 0.1) is 0 Å². The SMILES string of the molecule is CN=P(O)(O)N=P(O)(O)NC. The van der Waals surface area contributed by atoms with E-state index in [-0.39, 0.29) is 0 Å². The Labute approximate surface area is 64.3 Å². The molecule has 0 bridgehead atoms. The molecule has 0 rings (SSSR count). The lowest BCUT2D eigenvalue weighted by atomic mass is 11.6. The molecule has 0 atom stereocenters. The van der Waals surface area contributed by atoms with Gasteiger partial charge in [0.25, 0.3) is 7.66 Å². The molecule has 0 amide bonds. The van der Waals surface area contributed by atoms with Gasteiger partial charge in [0, 0.05) is 7.05 Å². The van der Waals surface area contributed by atoms with Crippen molar-refractivity contribution in [2.45, 2.75) is 0 Å². The van der Waals surface area contributed by atoms with E-state index in [9.17, 15) is 0 Å². The molecule has 9 heteroatoms. The van der Waals surface area contributed by atoms with E-state index in [4.69, 9.17) is 19.6 Å². The van der Waals surface area contributed by atoms with E-state index in [0.29, 0.717) is 0 Å². The second-order valence-corrected chi connectivity index (χ2v) is 5.39. The van der Waals surface area contributed by atoms with Crippen molar-refractivity contribution in [3.8, 4) is 0 Å². The van der Waals surface area contributed by atoms with Crippen LogP contribution in [0.1, 0.15) is 0 Å². The monoisotopic (exact) mass is 203 g/mol. The quantitative estimate of drug-likeness (QED) is 0.395. The van der Waals surface area contributed by atoms with E-state index in [1.807, 2.05) is 5.09 Å². The summed E-state index contributed by atoms with van der Waals surface area (Å²) in [6.07, 6.45) is 0. The Morgan fingerprint density at radius 1 is 1.18 bits per heavy atom. The maximum atomic E-state index is 8.83. The Balaban J connectivity index is 4.84. The molecule has 0 heterocycles. The van der Waals surface area contributed by atoms with Gasteiger partial charge in [-0.3, -0.25) is 0 Å². The van der Waals surface area contributed by atoms with Gasteiger partial charge in [-0.1, -0.05) is 0 Å². The molecule has 0 aliphatic carbocycles. The smallest absolute Gasteiger partial charge is 0.328 e. The van der Waals surface area contributed by atoms with E-state index in [1.165, 1.54) is 7.05 Å². The fourth-order valence-electron chi connectivity index (χ4n) is 0.252. The lowest BCUT2D eigenvalue weighted by molar-refractivity contribution is 0.442. The first-order chi connectivity index (χ1) is 4.83. The second-order valence-electron chi connectivity index (χ2n) is 1.62. The minimum atomic E-state index is -3.82. The molecule has 0 aromatic carbocycles. The zero-order valence-electron chi connectivity index (χ0n) is 6.08. The van der Waals surface area contributed by atoms with Crippen molar-refractivity contribution in [3.05, 3.63) is 0 Å². The van der Waals surface area contributed by atoms with Gasteiger partial charge in [0.15, 0.2) is 0 Å². The first kappa shape index (κ1) is 11.3. The lowest BCUT2D eigenvalue weighted by Crippen LogP contribution is -2.00. The molecule has 0 unspecified atom stereocenters. The zero-order chi connectivity index (χ0) is 9.12. The highest BCUT2D eigenvalue weighted by molar-refractivity contribution is 7.64. The normalized spacial score (nSPS) is 12.9. The Bertz CT molecular complexity index is 225. The van der Waals surface area contributed by atoms with Gasteiger partial charge >= 0.3 is 7.66 Å². The van der Waals surface area contributed by atoms with Crippen molar-refractivity contribution < 1.29 is 19.6 Å². The number of nitrogens with one attached hydrogen (secondary N) is 1. The molecule has 5 N–H and O–H groups in total. The number of rotatable bonds is 2. The minimum Gasteiger partial charge on any atom is -0.328 e.